The molecule has 1 aromatic rings. The maximum atomic E-state index is 12.4. The minimum atomic E-state index is -3.25. The molecule has 1 aromatic carbocycles. The van der Waals surface area contributed by atoms with Gasteiger partial charge in [0.15, 0.2) is 0 Å². The van der Waals surface area contributed by atoms with E-state index in [1.807, 2.05) is 0 Å². The van der Waals surface area contributed by atoms with Crippen molar-refractivity contribution >= 4 is 27.3 Å². The number of nitrogens with one attached hydrogen (secondary N) is 1. The zero-order valence-electron chi connectivity index (χ0n) is 10.7. The fraction of sp³-hybridized carbons (Fsp3) is 0.571. The standard InChI is InChI=1S/C14H18ClNO2S/c15-11-4-6-12(7-5-11)16-19(17,18)13-10-14(13)8-2-1-3-9-14/h4-7,13,16H,1-3,8-10H2. The second-order valence-corrected chi connectivity index (χ2v) is 8.07. The Hall–Kier alpha value is -0.740. The van der Waals surface area contributed by atoms with Crippen LogP contribution in [0.3, 0.4) is 0 Å². The molecule has 0 aromatic heterocycles. The molecule has 0 amide bonds. The summed E-state index contributed by atoms with van der Waals surface area (Å²) >= 11 is 5.80. The van der Waals surface area contributed by atoms with Crippen molar-refractivity contribution in [1.82, 2.24) is 0 Å². The number of hydrogen-bond donors (Lipinski definition) is 1. The lowest BCUT2D eigenvalue weighted by atomic mass is 9.86. The smallest absolute Gasteiger partial charge is 0.236 e. The molecule has 3 rings (SSSR count). The van der Waals surface area contributed by atoms with Crippen LogP contribution in [0.25, 0.3) is 0 Å². The van der Waals surface area contributed by atoms with Gasteiger partial charge in [-0.25, -0.2) is 8.42 Å². The van der Waals surface area contributed by atoms with Gasteiger partial charge in [0.2, 0.25) is 10.0 Å². The third kappa shape index (κ3) is 2.61. The second kappa shape index (κ2) is 4.67. The van der Waals surface area contributed by atoms with E-state index in [9.17, 15) is 8.42 Å². The molecule has 5 heteroatoms. The summed E-state index contributed by atoms with van der Waals surface area (Å²) in [6, 6.07) is 6.80. The van der Waals surface area contributed by atoms with E-state index in [1.54, 1.807) is 24.3 Å². The molecule has 1 N–H and O–H groups in total. The van der Waals surface area contributed by atoms with Crippen molar-refractivity contribution in [2.75, 3.05) is 4.72 Å². The molecular weight excluding hydrogens is 282 g/mol. The highest BCUT2D eigenvalue weighted by molar-refractivity contribution is 7.93. The summed E-state index contributed by atoms with van der Waals surface area (Å²) < 4.78 is 27.4. The predicted molar refractivity (Wildman–Crippen MR) is 77.9 cm³/mol. The van der Waals surface area contributed by atoms with Gasteiger partial charge >= 0.3 is 0 Å². The van der Waals surface area contributed by atoms with Crippen LogP contribution < -0.4 is 4.72 Å². The molecule has 0 radical (unpaired) electrons. The van der Waals surface area contributed by atoms with Gasteiger partial charge in [0.25, 0.3) is 0 Å². The van der Waals surface area contributed by atoms with E-state index >= 15 is 0 Å². The van der Waals surface area contributed by atoms with E-state index in [-0.39, 0.29) is 10.7 Å². The number of anilines is 1. The van der Waals surface area contributed by atoms with Crippen molar-refractivity contribution < 1.29 is 8.42 Å². The first kappa shape index (κ1) is 13.3. The largest absolute Gasteiger partial charge is 0.283 e. The molecule has 0 saturated heterocycles. The topological polar surface area (TPSA) is 46.2 Å². The summed E-state index contributed by atoms with van der Waals surface area (Å²) in [6.07, 6.45) is 6.56. The molecule has 0 bridgehead atoms. The Balaban J connectivity index is 1.72. The van der Waals surface area contributed by atoms with Crippen LogP contribution in [0, 0.1) is 5.41 Å². The lowest BCUT2D eigenvalue weighted by Gasteiger charge is -2.22. The predicted octanol–water partition coefficient (Wildman–Crippen LogP) is 3.80. The van der Waals surface area contributed by atoms with Crippen LogP contribution >= 0.6 is 11.6 Å². The Kier molecular flexibility index (Phi) is 3.26. The molecule has 0 heterocycles. The van der Waals surface area contributed by atoms with Gasteiger partial charge in [-0.15, -0.1) is 0 Å². The number of benzene rings is 1. The Morgan fingerprint density at radius 1 is 1.11 bits per heavy atom. The summed E-state index contributed by atoms with van der Waals surface area (Å²) in [5.74, 6) is 0. The molecule has 1 atom stereocenters. The molecule has 1 unspecified atom stereocenters. The van der Waals surface area contributed by atoms with Crippen LogP contribution in [-0.2, 0) is 10.0 Å². The summed E-state index contributed by atoms with van der Waals surface area (Å²) in [5, 5.41) is 0.411. The van der Waals surface area contributed by atoms with Crippen LogP contribution in [0.4, 0.5) is 5.69 Å². The first-order chi connectivity index (χ1) is 9.02. The fourth-order valence-electron chi connectivity index (χ4n) is 3.28. The van der Waals surface area contributed by atoms with E-state index < -0.39 is 10.0 Å². The number of hydrogen-bond acceptors (Lipinski definition) is 2. The average molecular weight is 300 g/mol. The molecular formula is C14H18ClNO2S. The van der Waals surface area contributed by atoms with Crippen LogP contribution in [0.1, 0.15) is 38.5 Å². The third-order valence-electron chi connectivity index (χ3n) is 4.44. The highest BCUT2D eigenvalue weighted by atomic mass is 35.5. The lowest BCUT2D eigenvalue weighted by Crippen LogP contribution is -2.24. The Bertz CT molecular complexity index is 562. The van der Waals surface area contributed by atoms with E-state index in [0.717, 1.165) is 19.3 Å². The number of halogens is 1. The third-order valence-corrected chi connectivity index (χ3v) is 6.63. The normalized spacial score (nSPS) is 25.2. The van der Waals surface area contributed by atoms with Crippen molar-refractivity contribution in [3.05, 3.63) is 29.3 Å². The van der Waals surface area contributed by atoms with Crippen LogP contribution in [0.5, 0.6) is 0 Å². The van der Waals surface area contributed by atoms with Crippen LogP contribution in [0.2, 0.25) is 5.02 Å². The van der Waals surface area contributed by atoms with Gasteiger partial charge in [0.05, 0.1) is 5.25 Å². The minimum Gasteiger partial charge on any atom is -0.283 e. The lowest BCUT2D eigenvalue weighted by molar-refractivity contribution is 0.337. The summed E-state index contributed by atoms with van der Waals surface area (Å²) in [5.41, 5.74) is 0.679. The number of sulfonamides is 1. The van der Waals surface area contributed by atoms with E-state index in [2.05, 4.69) is 4.72 Å². The highest BCUT2D eigenvalue weighted by Crippen LogP contribution is 2.59. The molecule has 0 aliphatic heterocycles. The Morgan fingerprint density at radius 3 is 2.37 bits per heavy atom. The quantitative estimate of drug-likeness (QED) is 0.922. The van der Waals surface area contributed by atoms with Gasteiger partial charge in [0.1, 0.15) is 0 Å². The van der Waals surface area contributed by atoms with Gasteiger partial charge in [-0.05, 0) is 48.9 Å². The van der Waals surface area contributed by atoms with Crippen molar-refractivity contribution in [1.29, 1.82) is 0 Å². The van der Waals surface area contributed by atoms with Crippen molar-refractivity contribution in [3.8, 4) is 0 Å². The molecule has 19 heavy (non-hydrogen) atoms. The zero-order chi connectivity index (χ0) is 13.5. The molecule has 1 spiro atoms. The SMILES string of the molecule is O=S(=O)(Nc1ccc(Cl)cc1)C1CC12CCCCC2. The van der Waals surface area contributed by atoms with E-state index in [1.165, 1.54) is 19.3 Å². The maximum Gasteiger partial charge on any atom is 0.236 e. The maximum absolute atomic E-state index is 12.4. The molecule has 2 fully saturated rings. The van der Waals surface area contributed by atoms with Crippen LogP contribution in [-0.4, -0.2) is 13.7 Å². The monoisotopic (exact) mass is 299 g/mol. The van der Waals surface area contributed by atoms with Crippen LogP contribution in [0.15, 0.2) is 24.3 Å². The summed E-state index contributed by atoms with van der Waals surface area (Å²) in [6.45, 7) is 0. The fourth-order valence-corrected chi connectivity index (χ4v) is 5.46. The van der Waals surface area contributed by atoms with E-state index in [0.29, 0.717) is 10.7 Å². The molecule has 104 valence electrons. The van der Waals surface area contributed by atoms with Gasteiger partial charge in [0, 0.05) is 10.7 Å². The van der Waals surface area contributed by atoms with Crippen molar-refractivity contribution in [3.63, 3.8) is 0 Å². The first-order valence-corrected chi connectivity index (χ1v) is 8.72. The van der Waals surface area contributed by atoms with Crippen molar-refractivity contribution in [2.24, 2.45) is 5.41 Å². The van der Waals surface area contributed by atoms with Gasteiger partial charge < -0.3 is 0 Å². The van der Waals surface area contributed by atoms with Crippen molar-refractivity contribution in [2.45, 2.75) is 43.8 Å². The summed E-state index contributed by atoms with van der Waals surface area (Å²) in [4.78, 5) is 0. The van der Waals surface area contributed by atoms with E-state index in [4.69, 9.17) is 11.6 Å². The minimum absolute atomic E-state index is 0.0799. The van der Waals surface area contributed by atoms with Gasteiger partial charge in [-0.1, -0.05) is 30.9 Å². The summed E-state index contributed by atoms with van der Waals surface area (Å²) in [7, 11) is -3.25. The zero-order valence-corrected chi connectivity index (χ0v) is 12.3. The number of rotatable bonds is 3. The van der Waals surface area contributed by atoms with Gasteiger partial charge in [-0.2, -0.15) is 0 Å². The first-order valence-electron chi connectivity index (χ1n) is 6.79. The average Bonchev–Trinajstić information content (AvgIpc) is 3.08. The molecule has 2 saturated carbocycles. The Morgan fingerprint density at radius 2 is 1.74 bits per heavy atom. The molecule has 3 nitrogen and oxygen atoms in total. The molecule has 2 aliphatic rings. The Labute approximate surface area is 119 Å². The molecule has 2 aliphatic carbocycles. The highest BCUT2D eigenvalue weighted by Gasteiger charge is 2.60. The van der Waals surface area contributed by atoms with Gasteiger partial charge in [-0.3, -0.25) is 4.72 Å². The second-order valence-electron chi connectivity index (χ2n) is 5.77.